The van der Waals surface area contributed by atoms with Crippen LogP contribution in [-0.4, -0.2) is 90.0 Å². The van der Waals surface area contributed by atoms with Crippen LogP contribution in [0.15, 0.2) is 71.7 Å². The van der Waals surface area contributed by atoms with Gasteiger partial charge in [-0.15, -0.1) is 0 Å². The van der Waals surface area contributed by atoms with Gasteiger partial charge in [0.2, 0.25) is 6.04 Å². The Labute approximate surface area is 209 Å². The Morgan fingerprint density at radius 1 is 1.03 bits per heavy atom. The molecule has 184 valence electrons. The van der Waals surface area contributed by atoms with Gasteiger partial charge in [0.25, 0.3) is 5.91 Å². The number of piperazine rings is 1. The maximum absolute atomic E-state index is 13.5. The van der Waals surface area contributed by atoms with Crippen LogP contribution in [0.2, 0.25) is 0 Å². The molecule has 0 saturated carbocycles. The second-order valence-electron chi connectivity index (χ2n) is 8.83. The summed E-state index contributed by atoms with van der Waals surface area (Å²) in [6.45, 7) is 2.52. The smallest absolute Gasteiger partial charge is 0.497 e. The number of urea groups is 1. The SMILES string of the molecule is COc1ccc(CN2C(=O)C3N=CC=CC3=[N+](CC(=O)N3CCN(c4ccccc4)CC3)C2=O)cc1. The van der Waals surface area contributed by atoms with Gasteiger partial charge in [-0.25, -0.2) is 4.79 Å². The van der Waals surface area contributed by atoms with Crippen LogP contribution in [-0.2, 0) is 16.1 Å². The third-order valence-electron chi connectivity index (χ3n) is 6.69. The van der Waals surface area contributed by atoms with Gasteiger partial charge in [-0.3, -0.25) is 9.79 Å². The molecule has 3 heterocycles. The molecule has 9 nitrogen and oxygen atoms in total. The van der Waals surface area contributed by atoms with Gasteiger partial charge >= 0.3 is 11.9 Å². The average molecular weight is 487 g/mol. The summed E-state index contributed by atoms with van der Waals surface area (Å²) in [5.74, 6) is 0.142. The molecule has 2 aromatic rings. The number of fused-ring (bicyclic) bond motifs is 1. The number of methoxy groups -OCH3 is 1. The first-order valence-corrected chi connectivity index (χ1v) is 12.0. The van der Waals surface area contributed by atoms with Crippen molar-refractivity contribution in [2.75, 3.05) is 44.7 Å². The summed E-state index contributed by atoms with van der Waals surface area (Å²) >= 11 is 0. The van der Waals surface area contributed by atoms with Crippen LogP contribution >= 0.6 is 0 Å². The fourth-order valence-corrected chi connectivity index (χ4v) is 4.68. The normalized spacial score (nSPS) is 19.6. The lowest BCUT2D eigenvalue weighted by atomic mass is 10.0. The zero-order valence-corrected chi connectivity index (χ0v) is 20.1. The monoisotopic (exact) mass is 486 g/mol. The van der Waals surface area contributed by atoms with Crippen LogP contribution < -0.4 is 9.64 Å². The van der Waals surface area contributed by atoms with E-state index in [-0.39, 0.29) is 19.0 Å². The molecule has 5 rings (SSSR count). The topological polar surface area (TPSA) is 85.5 Å². The van der Waals surface area contributed by atoms with Crippen LogP contribution in [0.5, 0.6) is 5.75 Å². The molecule has 1 fully saturated rings. The number of allylic oxidation sites excluding steroid dienone is 1. The largest absolute Gasteiger partial charge is 0.501 e. The van der Waals surface area contributed by atoms with E-state index >= 15 is 0 Å². The fourth-order valence-electron chi connectivity index (χ4n) is 4.68. The molecule has 2 aromatic carbocycles. The number of nitrogens with zero attached hydrogens (tertiary/aromatic N) is 5. The lowest BCUT2D eigenvalue weighted by molar-refractivity contribution is -0.429. The average Bonchev–Trinajstić information content (AvgIpc) is 2.94. The first-order valence-electron chi connectivity index (χ1n) is 12.0. The summed E-state index contributed by atoms with van der Waals surface area (Å²) in [5.41, 5.74) is 2.35. The molecule has 1 saturated heterocycles. The molecule has 0 bridgehead atoms. The minimum absolute atomic E-state index is 0.0884. The van der Waals surface area contributed by atoms with E-state index in [0.29, 0.717) is 24.6 Å². The van der Waals surface area contributed by atoms with Crippen molar-refractivity contribution >= 4 is 35.5 Å². The fraction of sp³-hybridized carbons (Fsp3) is 0.296. The highest BCUT2D eigenvalue weighted by Crippen LogP contribution is 2.20. The minimum Gasteiger partial charge on any atom is -0.497 e. The Morgan fingerprint density at radius 3 is 2.44 bits per heavy atom. The summed E-state index contributed by atoms with van der Waals surface area (Å²) in [4.78, 5) is 49.5. The number of carbonyl (C=O) groups excluding carboxylic acids is 3. The summed E-state index contributed by atoms with van der Waals surface area (Å²) in [7, 11) is 1.58. The zero-order valence-electron chi connectivity index (χ0n) is 20.1. The van der Waals surface area contributed by atoms with E-state index < -0.39 is 18.0 Å². The third-order valence-corrected chi connectivity index (χ3v) is 6.69. The van der Waals surface area contributed by atoms with E-state index in [4.69, 9.17) is 4.74 Å². The molecule has 3 aliphatic rings. The Morgan fingerprint density at radius 2 is 1.75 bits per heavy atom. The van der Waals surface area contributed by atoms with Gasteiger partial charge in [0, 0.05) is 38.1 Å². The van der Waals surface area contributed by atoms with Crippen LogP contribution in [0.25, 0.3) is 0 Å². The van der Waals surface area contributed by atoms with Gasteiger partial charge in [-0.1, -0.05) is 30.3 Å². The maximum atomic E-state index is 13.5. The van der Waals surface area contributed by atoms with Crippen molar-refractivity contribution < 1.29 is 23.7 Å². The molecule has 0 spiro atoms. The van der Waals surface area contributed by atoms with Crippen molar-refractivity contribution in [2.45, 2.75) is 12.6 Å². The number of aliphatic imine (C=N–C) groups is 1. The second-order valence-corrected chi connectivity index (χ2v) is 8.83. The van der Waals surface area contributed by atoms with Crippen molar-refractivity contribution in [3.63, 3.8) is 0 Å². The first kappa shape index (κ1) is 23.5. The molecular formula is C27H28N5O4+. The van der Waals surface area contributed by atoms with E-state index in [1.54, 1.807) is 42.5 Å². The van der Waals surface area contributed by atoms with Crippen molar-refractivity contribution in [2.24, 2.45) is 4.99 Å². The van der Waals surface area contributed by atoms with E-state index in [0.717, 1.165) is 24.3 Å². The van der Waals surface area contributed by atoms with Crippen LogP contribution in [0.3, 0.4) is 0 Å². The van der Waals surface area contributed by atoms with Crippen molar-refractivity contribution in [1.82, 2.24) is 9.80 Å². The number of imide groups is 1. The number of carbonyl (C=O) groups is 3. The van der Waals surface area contributed by atoms with Crippen LogP contribution in [0, 0.1) is 0 Å². The van der Waals surface area contributed by atoms with Crippen molar-refractivity contribution in [3.05, 3.63) is 72.3 Å². The predicted octanol–water partition coefficient (Wildman–Crippen LogP) is 1.97. The van der Waals surface area contributed by atoms with E-state index in [9.17, 15) is 14.4 Å². The summed E-state index contributed by atoms with van der Waals surface area (Å²) in [6.07, 6.45) is 4.93. The highest BCUT2D eigenvalue weighted by Gasteiger charge is 2.48. The molecular weight excluding hydrogens is 458 g/mol. The van der Waals surface area contributed by atoms with Gasteiger partial charge in [0.15, 0.2) is 6.54 Å². The van der Waals surface area contributed by atoms with Crippen molar-refractivity contribution in [3.8, 4) is 5.75 Å². The molecule has 36 heavy (non-hydrogen) atoms. The quantitative estimate of drug-likeness (QED) is 0.583. The van der Waals surface area contributed by atoms with Gasteiger partial charge < -0.3 is 14.5 Å². The predicted molar refractivity (Wildman–Crippen MR) is 136 cm³/mol. The number of para-hydroxylation sites is 1. The van der Waals surface area contributed by atoms with Gasteiger partial charge in [-0.05, 0) is 42.0 Å². The second kappa shape index (κ2) is 10.2. The Kier molecular flexibility index (Phi) is 6.62. The third kappa shape index (κ3) is 4.64. The number of amides is 4. The molecule has 1 atom stereocenters. The van der Waals surface area contributed by atoms with E-state index in [2.05, 4.69) is 22.0 Å². The molecule has 0 radical (unpaired) electrons. The van der Waals surface area contributed by atoms with E-state index in [1.807, 2.05) is 30.3 Å². The van der Waals surface area contributed by atoms with Crippen LogP contribution in [0.1, 0.15) is 5.56 Å². The van der Waals surface area contributed by atoms with Gasteiger partial charge in [0.05, 0.1) is 7.11 Å². The van der Waals surface area contributed by atoms with Gasteiger partial charge in [-0.2, -0.15) is 14.3 Å². The Hall–Kier alpha value is -4.27. The summed E-state index contributed by atoms with van der Waals surface area (Å²) in [5, 5.41) is 0. The minimum atomic E-state index is -0.839. The number of anilines is 1. The molecule has 0 aliphatic carbocycles. The number of benzene rings is 2. The maximum Gasteiger partial charge on any atom is 0.501 e. The number of hydrogen-bond acceptors (Lipinski definition) is 6. The van der Waals surface area contributed by atoms with Crippen molar-refractivity contribution in [1.29, 1.82) is 0 Å². The Balaban J connectivity index is 1.32. The lowest BCUT2D eigenvalue weighted by Crippen LogP contribution is -2.58. The molecule has 4 amide bonds. The molecule has 1 unspecified atom stereocenters. The standard InChI is InChI=1S/C27H28N5O4/c1-36-22-11-9-20(10-12-22)18-32-26(34)25-23(8-5-13-28-25)31(27(32)35)19-24(33)30-16-14-29(15-17-30)21-6-3-2-4-7-21/h2-13,25H,14-19H2,1H3/q+1. The lowest BCUT2D eigenvalue weighted by Gasteiger charge is -2.36. The highest BCUT2D eigenvalue weighted by molar-refractivity contribution is 6.20. The molecule has 0 N–H and O–H groups in total. The van der Waals surface area contributed by atoms with E-state index in [1.165, 1.54) is 9.48 Å². The van der Waals surface area contributed by atoms with Crippen LogP contribution in [0.4, 0.5) is 10.5 Å². The molecule has 0 aromatic heterocycles. The highest BCUT2D eigenvalue weighted by atomic mass is 16.5. The zero-order chi connectivity index (χ0) is 25.1. The summed E-state index contributed by atoms with van der Waals surface area (Å²) in [6, 6.07) is 15.9. The Bertz CT molecular complexity index is 1240. The number of rotatable bonds is 6. The molecule has 9 heteroatoms. The number of hydrogen-bond donors (Lipinski definition) is 0. The first-order chi connectivity index (χ1) is 17.5. The number of dihydropyridines is 1. The van der Waals surface area contributed by atoms with Gasteiger partial charge in [0.1, 0.15) is 18.0 Å². The molecule has 3 aliphatic heterocycles. The summed E-state index contributed by atoms with van der Waals surface area (Å²) < 4.78 is 6.59. The number of ether oxygens (including phenoxy) is 1.